The van der Waals surface area contributed by atoms with Crippen LogP contribution in [0.15, 0.2) is 18.2 Å². The van der Waals surface area contributed by atoms with Crippen LogP contribution in [0.4, 0.5) is 13.2 Å². The molecule has 0 atom stereocenters. The second-order valence-corrected chi connectivity index (χ2v) is 3.99. The molecule has 1 aromatic carbocycles. The van der Waals surface area contributed by atoms with Gasteiger partial charge in [-0.1, -0.05) is 11.6 Å². The van der Waals surface area contributed by atoms with Gasteiger partial charge in [0.25, 0.3) is 0 Å². The summed E-state index contributed by atoms with van der Waals surface area (Å²) < 4.78 is 40.3. The number of thiophene rings is 1. The number of ether oxygens (including phenoxy) is 1. The predicted octanol–water partition coefficient (Wildman–Crippen LogP) is 4.25. The van der Waals surface area contributed by atoms with Gasteiger partial charge in [0.15, 0.2) is 0 Å². The highest BCUT2D eigenvalue weighted by Gasteiger charge is 2.31. The van der Waals surface area contributed by atoms with Crippen LogP contribution in [0.1, 0.15) is 0 Å². The summed E-state index contributed by atoms with van der Waals surface area (Å²) in [6, 6.07) is 3.98. The molecule has 0 unspecified atom stereocenters. The number of hydrogen-bond acceptors (Lipinski definition) is 2. The van der Waals surface area contributed by atoms with Crippen molar-refractivity contribution in [1.82, 2.24) is 0 Å². The Kier molecular flexibility index (Phi) is 2.52. The Balaban J connectivity index is 2.45. The molecule has 0 amide bonds. The zero-order valence-electron chi connectivity index (χ0n) is 7.06. The molecule has 79 valence electrons. The van der Waals surface area contributed by atoms with E-state index in [2.05, 4.69) is 10.1 Å². The maximum absolute atomic E-state index is 11.9. The van der Waals surface area contributed by atoms with Gasteiger partial charge in [0.2, 0.25) is 0 Å². The number of alkyl halides is 3. The topological polar surface area (TPSA) is 9.23 Å². The fourth-order valence-electron chi connectivity index (χ4n) is 1.15. The van der Waals surface area contributed by atoms with Gasteiger partial charge in [-0.25, -0.2) is 0 Å². The average molecular weight is 252 g/mol. The van der Waals surface area contributed by atoms with Crippen molar-refractivity contribution >= 4 is 33.0 Å². The third-order valence-electron chi connectivity index (χ3n) is 1.65. The summed E-state index contributed by atoms with van der Waals surface area (Å²) in [6.45, 7) is 0. The van der Waals surface area contributed by atoms with Crippen molar-refractivity contribution in [1.29, 1.82) is 0 Å². The Bertz CT molecular complexity index is 492. The van der Waals surface area contributed by atoms with E-state index in [9.17, 15) is 13.2 Å². The Morgan fingerprint density at radius 1 is 1.33 bits per heavy atom. The first-order valence-electron chi connectivity index (χ1n) is 3.80. The van der Waals surface area contributed by atoms with E-state index < -0.39 is 6.36 Å². The molecule has 1 heterocycles. The molecule has 6 heteroatoms. The van der Waals surface area contributed by atoms with E-state index in [1.54, 1.807) is 6.07 Å². The highest BCUT2D eigenvalue weighted by molar-refractivity contribution is 7.17. The fourth-order valence-corrected chi connectivity index (χ4v) is 2.18. The molecule has 0 spiro atoms. The molecule has 2 rings (SSSR count). The van der Waals surface area contributed by atoms with Crippen LogP contribution in [-0.4, -0.2) is 6.36 Å². The lowest BCUT2D eigenvalue weighted by Gasteiger charge is -2.09. The van der Waals surface area contributed by atoms with Crippen molar-refractivity contribution in [3.05, 3.63) is 28.6 Å². The van der Waals surface area contributed by atoms with Crippen molar-refractivity contribution in [2.75, 3.05) is 0 Å². The third-order valence-corrected chi connectivity index (χ3v) is 2.96. The van der Waals surface area contributed by atoms with Crippen molar-refractivity contribution < 1.29 is 17.9 Å². The van der Waals surface area contributed by atoms with Crippen LogP contribution >= 0.6 is 22.9 Å². The van der Waals surface area contributed by atoms with Crippen LogP contribution in [-0.2, 0) is 0 Å². The number of rotatable bonds is 1. The van der Waals surface area contributed by atoms with Crippen molar-refractivity contribution in [2.45, 2.75) is 6.36 Å². The molecule has 0 aliphatic carbocycles. The Hall–Kier alpha value is -0.940. The van der Waals surface area contributed by atoms with Crippen molar-refractivity contribution in [3.63, 3.8) is 0 Å². The molecular formula is C9H3ClF3OS. The van der Waals surface area contributed by atoms with Crippen LogP contribution in [0.5, 0.6) is 5.75 Å². The van der Waals surface area contributed by atoms with Gasteiger partial charge in [0.1, 0.15) is 5.75 Å². The molecule has 15 heavy (non-hydrogen) atoms. The first kappa shape index (κ1) is 10.6. The largest absolute Gasteiger partial charge is 0.573 e. The molecule has 1 radical (unpaired) electrons. The number of fused-ring (bicyclic) bond motifs is 1. The fraction of sp³-hybridized carbons (Fsp3) is 0.111. The Morgan fingerprint density at radius 2 is 2.07 bits per heavy atom. The predicted molar refractivity (Wildman–Crippen MR) is 52.4 cm³/mol. The minimum Gasteiger partial charge on any atom is -0.406 e. The van der Waals surface area contributed by atoms with E-state index in [-0.39, 0.29) is 10.8 Å². The molecular weight excluding hydrogens is 249 g/mol. The number of benzene rings is 1. The number of halogens is 4. The summed E-state index contributed by atoms with van der Waals surface area (Å²) in [5.74, 6) is -0.313. The summed E-state index contributed by atoms with van der Waals surface area (Å²) in [7, 11) is 0. The summed E-state index contributed by atoms with van der Waals surface area (Å²) in [5, 5.41) is 3.61. The Morgan fingerprint density at radius 3 is 2.73 bits per heavy atom. The maximum atomic E-state index is 11.9. The minimum absolute atomic E-state index is 0.234. The van der Waals surface area contributed by atoms with Crippen molar-refractivity contribution in [3.8, 4) is 5.75 Å². The van der Waals surface area contributed by atoms with E-state index in [1.807, 2.05) is 0 Å². The highest BCUT2D eigenvalue weighted by atomic mass is 35.5. The minimum atomic E-state index is -4.70. The SMILES string of the molecule is FC(F)(F)Oc1cc(Cl)c2s[c]cc2c1. The van der Waals surface area contributed by atoms with Gasteiger partial charge in [-0.3, -0.25) is 0 Å². The van der Waals surface area contributed by atoms with Crippen molar-refractivity contribution in [2.24, 2.45) is 0 Å². The van der Waals surface area contributed by atoms with E-state index in [4.69, 9.17) is 11.6 Å². The van der Waals surface area contributed by atoms with Crippen LogP contribution < -0.4 is 4.74 Å². The van der Waals surface area contributed by atoms with E-state index >= 15 is 0 Å². The summed E-state index contributed by atoms with van der Waals surface area (Å²) in [4.78, 5) is 0. The lowest BCUT2D eigenvalue weighted by Crippen LogP contribution is -2.17. The molecule has 1 aromatic heterocycles. The molecule has 0 saturated heterocycles. The average Bonchev–Trinajstić information content (AvgIpc) is 2.48. The van der Waals surface area contributed by atoms with Gasteiger partial charge in [-0.2, -0.15) is 0 Å². The van der Waals surface area contributed by atoms with Crippen LogP contribution in [0.3, 0.4) is 0 Å². The smallest absolute Gasteiger partial charge is 0.406 e. The van der Waals surface area contributed by atoms with Gasteiger partial charge in [0, 0.05) is 11.4 Å². The van der Waals surface area contributed by atoms with Gasteiger partial charge in [-0.15, -0.1) is 24.5 Å². The third kappa shape index (κ3) is 2.35. The molecule has 0 bridgehead atoms. The molecule has 2 aromatic rings. The maximum Gasteiger partial charge on any atom is 0.573 e. The quantitative estimate of drug-likeness (QED) is 0.736. The molecule has 0 saturated carbocycles. The van der Waals surface area contributed by atoms with Gasteiger partial charge in [-0.05, 0) is 17.5 Å². The first-order valence-corrected chi connectivity index (χ1v) is 5.00. The van der Waals surface area contributed by atoms with Gasteiger partial charge >= 0.3 is 6.36 Å². The second-order valence-electron chi connectivity index (χ2n) is 2.74. The normalized spacial score (nSPS) is 12.0. The molecule has 0 N–H and O–H groups in total. The molecule has 0 aliphatic rings. The molecule has 0 fully saturated rings. The second kappa shape index (κ2) is 3.57. The van der Waals surface area contributed by atoms with E-state index in [0.29, 0.717) is 10.1 Å². The highest BCUT2D eigenvalue weighted by Crippen LogP contribution is 2.34. The zero-order valence-corrected chi connectivity index (χ0v) is 8.63. The first-order chi connectivity index (χ1) is 6.96. The monoisotopic (exact) mass is 251 g/mol. The summed E-state index contributed by atoms with van der Waals surface area (Å²) in [5.41, 5.74) is 0. The lowest BCUT2D eigenvalue weighted by molar-refractivity contribution is -0.274. The number of hydrogen-bond donors (Lipinski definition) is 0. The standard InChI is InChI=1S/C9H3ClF3OS/c10-7-4-6(14-9(11,12)13)3-5-1-2-15-8(5)7/h1,3-4H. The van der Waals surface area contributed by atoms with Crippen LogP contribution in [0, 0.1) is 5.38 Å². The van der Waals surface area contributed by atoms with Gasteiger partial charge in [0.05, 0.1) is 9.72 Å². The van der Waals surface area contributed by atoms with Crippen LogP contribution in [0.2, 0.25) is 5.02 Å². The van der Waals surface area contributed by atoms with Gasteiger partial charge < -0.3 is 4.74 Å². The molecule has 0 aliphatic heterocycles. The lowest BCUT2D eigenvalue weighted by atomic mass is 10.2. The zero-order chi connectivity index (χ0) is 11.1. The Labute approximate surface area is 92.0 Å². The summed E-state index contributed by atoms with van der Waals surface area (Å²) in [6.07, 6.45) is -4.70. The molecule has 1 nitrogen and oxygen atoms in total. The van der Waals surface area contributed by atoms with Crippen LogP contribution in [0.25, 0.3) is 10.1 Å². The van der Waals surface area contributed by atoms with E-state index in [1.165, 1.54) is 17.4 Å². The van der Waals surface area contributed by atoms with E-state index in [0.717, 1.165) is 6.07 Å². The summed E-state index contributed by atoms with van der Waals surface area (Å²) >= 11 is 7.02.